The molecule has 0 spiro atoms. The van der Waals surface area contributed by atoms with E-state index in [-0.39, 0.29) is 23.2 Å². The molecule has 0 saturated carbocycles. The van der Waals surface area contributed by atoms with E-state index in [1.165, 1.54) is 0 Å². The smallest absolute Gasteiger partial charge is 0.153 e. The highest BCUT2D eigenvalue weighted by atomic mass is 32.2. The summed E-state index contributed by atoms with van der Waals surface area (Å²) in [4.78, 5) is 11.6. The van der Waals surface area contributed by atoms with Gasteiger partial charge in [0.1, 0.15) is 5.78 Å². The molecule has 1 unspecified atom stereocenters. The first-order chi connectivity index (χ1) is 7.92. The molecule has 0 aromatic rings. The molecular weight excluding hydrogens is 238 g/mol. The van der Waals surface area contributed by atoms with Gasteiger partial charge in [0, 0.05) is 12.8 Å². The molecule has 1 saturated heterocycles. The van der Waals surface area contributed by atoms with Gasteiger partial charge < -0.3 is 5.32 Å². The molecule has 0 aromatic carbocycles. The van der Waals surface area contributed by atoms with Gasteiger partial charge in [-0.15, -0.1) is 0 Å². The molecular formula is C12H23NO3S. The van der Waals surface area contributed by atoms with Crippen LogP contribution in [0.1, 0.15) is 39.5 Å². The number of rotatable bonds is 7. The number of carbonyl (C=O) groups excluding carboxylic acids is 1. The number of carbonyl (C=O) groups is 1. The third-order valence-electron chi connectivity index (χ3n) is 3.38. The molecule has 17 heavy (non-hydrogen) atoms. The number of nitrogens with one attached hydrogen (secondary N) is 1. The summed E-state index contributed by atoms with van der Waals surface area (Å²) in [5.41, 5.74) is 0. The second kappa shape index (κ2) is 6.50. The first-order valence-electron chi connectivity index (χ1n) is 6.36. The minimum atomic E-state index is -3.06. The zero-order valence-electron chi connectivity index (χ0n) is 10.7. The van der Waals surface area contributed by atoms with Crippen molar-refractivity contribution in [1.82, 2.24) is 5.32 Å². The number of hydrogen-bond donors (Lipinski definition) is 1. The highest BCUT2D eigenvalue weighted by Crippen LogP contribution is 2.15. The van der Waals surface area contributed by atoms with Gasteiger partial charge >= 0.3 is 0 Å². The van der Waals surface area contributed by atoms with Crippen molar-refractivity contribution >= 4 is 15.6 Å². The maximum Gasteiger partial charge on any atom is 0.153 e. The molecule has 1 rings (SSSR count). The zero-order chi connectivity index (χ0) is 12.9. The molecule has 0 radical (unpaired) electrons. The summed E-state index contributed by atoms with van der Waals surface area (Å²) < 4.78 is 23.1. The lowest BCUT2D eigenvalue weighted by Gasteiger charge is -2.08. The maximum absolute atomic E-state index is 11.6. The van der Waals surface area contributed by atoms with Crippen molar-refractivity contribution in [3.8, 4) is 0 Å². The fraction of sp³-hybridized carbons (Fsp3) is 0.917. The van der Waals surface area contributed by atoms with Crippen molar-refractivity contribution in [2.24, 2.45) is 5.92 Å². The van der Waals surface area contributed by atoms with Gasteiger partial charge in [0.2, 0.25) is 0 Å². The summed E-state index contributed by atoms with van der Waals surface area (Å²) in [6.45, 7) is 5.35. The van der Waals surface area contributed by atoms with Crippen LogP contribution in [0.4, 0.5) is 0 Å². The topological polar surface area (TPSA) is 63.2 Å². The second-order valence-electron chi connectivity index (χ2n) is 5.10. The number of sulfone groups is 1. The Kier molecular flexibility index (Phi) is 5.59. The molecule has 1 atom stereocenters. The van der Waals surface area contributed by atoms with Crippen LogP contribution < -0.4 is 5.32 Å². The van der Waals surface area contributed by atoms with E-state index in [1.54, 1.807) is 13.8 Å². The second-order valence-corrected chi connectivity index (χ2v) is 7.78. The van der Waals surface area contributed by atoms with Crippen LogP contribution in [0.5, 0.6) is 0 Å². The summed E-state index contributed by atoms with van der Waals surface area (Å²) in [6, 6.07) is 0. The Bertz CT molecular complexity index is 343. The van der Waals surface area contributed by atoms with Crippen LogP contribution in [0.15, 0.2) is 0 Å². The molecule has 1 aliphatic rings. The Morgan fingerprint density at radius 3 is 2.59 bits per heavy atom. The third-order valence-corrected chi connectivity index (χ3v) is 5.59. The highest BCUT2D eigenvalue weighted by molar-refractivity contribution is 7.91. The van der Waals surface area contributed by atoms with Crippen molar-refractivity contribution in [2.75, 3.05) is 18.8 Å². The van der Waals surface area contributed by atoms with Crippen LogP contribution in [-0.4, -0.2) is 38.3 Å². The predicted molar refractivity (Wildman–Crippen MR) is 68.8 cm³/mol. The number of ketones is 1. The Labute approximate surface area is 104 Å². The molecule has 1 heterocycles. The van der Waals surface area contributed by atoms with Crippen LogP contribution in [0.25, 0.3) is 0 Å². The summed E-state index contributed by atoms with van der Waals surface area (Å²) in [5.74, 6) is 0.689. The van der Waals surface area contributed by atoms with Gasteiger partial charge in [0.05, 0.1) is 11.0 Å². The molecule has 1 N–H and O–H groups in total. The van der Waals surface area contributed by atoms with Gasteiger partial charge in [-0.25, -0.2) is 8.42 Å². The SMILES string of the molecule is CC(C)S(=O)(=O)CCC(=O)CCC1CCNC1. The maximum atomic E-state index is 11.6. The van der Waals surface area contributed by atoms with E-state index >= 15 is 0 Å². The van der Waals surface area contributed by atoms with E-state index in [9.17, 15) is 13.2 Å². The highest BCUT2D eigenvalue weighted by Gasteiger charge is 2.19. The van der Waals surface area contributed by atoms with Gasteiger partial charge in [-0.05, 0) is 45.7 Å². The van der Waals surface area contributed by atoms with Crippen LogP contribution in [0, 0.1) is 5.92 Å². The molecule has 100 valence electrons. The first kappa shape index (κ1) is 14.6. The lowest BCUT2D eigenvalue weighted by atomic mass is 10.0. The molecule has 1 aliphatic heterocycles. The molecule has 0 aromatic heterocycles. The van der Waals surface area contributed by atoms with Crippen molar-refractivity contribution in [2.45, 2.75) is 44.8 Å². The van der Waals surface area contributed by atoms with E-state index in [2.05, 4.69) is 5.32 Å². The first-order valence-corrected chi connectivity index (χ1v) is 8.07. The minimum Gasteiger partial charge on any atom is -0.316 e. The summed E-state index contributed by atoms with van der Waals surface area (Å²) in [7, 11) is -3.06. The summed E-state index contributed by atoms with van der Waals surface area (Å²) in [5, 5.41) is 2.88. The van der Waals surface area contributed by atoms with Crippen LogP contribution in [-0.2, 0) is 14.6 Å². The Morgan fingerprint density at radius 2 is 2.06 bits per heavy atom. The molecule has 0 aliphatic carbocycles. The Balaban J connectivity index is 2.21. The largest absolute Gasteiger partial charge is 0.316 e. The predicted octanol–water partition coefficient (Wildman–Crippen LogP) is 1.16. The zero-order valence-corrected chi connectivity index (χ0v) is 11.6. The number of Topliss-reactive ketones (excluding diaryl/α,β-unsaturated/α-hetero) is 1. The Hall–Kier alpha value is -0.420. The van der Waals surface area contributed by atoms with Gasteiger partial charge in [-0.3, -0.25) is 4.79 Å². The van der Waals surface area contributed by atoms with E-state index in [1.807, 2.05) is 0 Å². The average Bonchev–Trinajstić information content (AvgIpc) is 2.76. The normalized spacial score (nSPS) is 21.0. The van der Waals surface area contributed by atoms with E-state index in [0.717, 1.165) is 25.9 Å². The van der Waals surface area contributed by atoms with E-state index in [4.69, 9.17) is 0 Å². The monoisotopic (exact) mass is 261 g/mol. The minimum absolute atomic E-state index is 0.00637. The molecule has 1 fully saturated rings. The van der Waals surface area contributed by atoms with Crippen molar-refractivity contribution in [3.63, 3.8) is 0 Å². The standard InChI is InChI=1S/C12H23NO3S/c1-10(2)17(15,16)8-6-12(14)4-3-11-5-7-13-9-11/h10-11,13H,3-9H2,1-2H3. The quantitative estimate of drug-likeness (QED) is 0.747. The van der Waals surface area contributed by atoms with E-state index in [0.29, 0.717) is 12.3 Å². The van der Waals surface area contributed by atoms with Crippen molar-refractivity contribution in [3.05, 3.63) is 0 Å². The Morgan fingerprint density at radius 1 is 1.35 bits per heavy atom. The summed E-state index contributed by atoms with van der Waals surface area (Å²) in [6.07, 6.45) is 2.74. The lowest BCUT2D eigenvalue weighted by Crippen LogP contribution is -2.20. The summed E-state index contributed by atoms with van der Waals surface area (Å²) >= 11 is 0. The van der Waals surface area contributed by atoms with Gasteiger partial charge in [-0.1, -0.05) is 0 Å². The van der Waals surface area contributed by atoms with Gasteiger partial charge in [0.25, 0.3) is 0 Å². The lowest BCUT2D eigenvalue weighted by molar-refractivity contribution is -0.118. The molecule has 0 bridgehead atoms. The third kappa shape index (κ3) is 5.17. The molecule has 4 nitrogen and oxygen atoms in total. The average molecular weight is 261 g/mol. The molecule has 5 heteroatoms. The molecule has 0 amide bonds. The van der Waals surface area contributed by atoms with Gasteiger partial charge in [-0.2, -0.15) is 0 Å². The van der Waals surface area contributed by atoms with Crippen LogP contribution in [0.3, 0.4) is 0 Å². The fourth-order valence-electron chi connectivity index (χ4n) is 1.94. The van der Waals surface area contributed by atoms with Crippen molar-refractivity contribution in [1.29, 1.82) is 0 Å². The number of hydrogen-bond acceptors (Lipinski definition) is 4. The fourth-order valence-corrected chi connectivity index (χ4v) is 2.93. The van der Waals surface area contributed by atoms with Crippen LogP contribution >= 0.6 is 0 Å². The van der Waals surface area contributed by atoms with Gasteiger partial charge in [0.15, 0.2) is 9.84 Å². The van der Waals surface area contributed by atoms with Crippen molar-refractivity contribution < 1.29 is 13.2 Å². The van der Waals surface area contributed by atoms with Crippen LogP contribution in [0.2, 0.25) is 0 Å². The van der Waals surface area contributed by atoms with E-state index < -0.39 is 9.84 Å².